The van der Waals surface area contributed by atoms with Crippen molar-refractivity contribution in [2.24, 2.45) is 16.8 Å². The molecule has 2 N–H and O–H groups in total. The van der Waals surface area contributed by atoms with Gasteiger partial charge in [0.2, 0.25) is 12.1 Å². The van der Waals surface area contributed by atoms with Crippen LogP contribution < -0.4 is 15.5 Å². The second kappa shape index (κ2) is 7.30. The monoisotopic (exact) mass is 414 g/mol. The lowest BCUT2D eigenvalue weighted by molar-refractivity contribution is -0.0658. The Balaban J connectivity index is 1.88. The fraction of sp³-hybridized carbons (Fsp3) is 0.238. The van der Waals surface area contributed by atoms with E-state index in [9.17, 15) is 18.4 Å². The number of anilines is 1. The number of ether oxygens (including phenoxy) is 2. The van der Waals surface area contributed by atoms with Crippen LogP contribution in [0.3, 0.4) is 0 Å². The van der Waals surface area contributed by atoms with Crippen molar-refractivity contribution >= 4 is 11.4 Å². The summed E-state index contributed by atoms with van der Waals surface area (Å²) >= 11 is 0. The second-order valence-electron chi connectivity index (χ2n) is 6.84. The number of allylic oxidation sites excluding steroid dienone is 1. The van der Waals surface area contributed by atoms with Gasteiger partial charge in [0.25, 0.3) is 0 Å². The fourth-order valence-corrected chi connectivity index (χ4v) is 3.84. The molecule has 4 rings (SSSR count). The summed E-state index contributed by atoms with van der Waals surface area (Å²) in [6.07, 6.45) is -5.86. The summed E-state index contributed by atoms with van der Waals surface area (Å²) in [6, 6.07) is 16.8. The summed E-state index contributed by atoms with van der Waals surface area (Å²) in [5.41, 5.74) is 5.81. The highest BCUT2D eigenvalue weighted by molar-refractivity contribution is 5.96. The van der Waals surface area contributed by atoms with E-state index in [-0.39, 0.29) is 11.5 Å². The number of nitriles is 1. The third kappa shape index (κ3) is 3.20. The van der Waals surface area contributed by atoms with Crippen molar-refractivity contribution in [3.63, 3.8) is 0 Å². The van der Waals surface area contributed by atoms with Crippen LogP contribution in [0.1, 0.15) is 11.5 Å². The van der Waals surface area contributed by atoms with Gasteiger partial charge in [-0.15, -0.1) is 0 Å². The average molecular weight is 414 g/mol. The van der Waals surface area contributed by atoms with Crippen molar-refractivity contribution in [2.45, 2.75) is 18.3 Å². The Morgan fingerprint density at radius 3 is 2.37 bits per heavy atom. The fourth-order valence-electron chi connectivity index (χ4n) is 3.84. The van der Waals surface area contributed by atoms with Crippen LogP contribution in [-0.4, -0.2) is 25.2 Å². The summed E-state index contributed by atoms with van der Waals surface area (Å²) in [4.78, 5) is 0. The van der Waals surface area contributed by atoms with Gasteiger partial charge in [-0.3, -0.25) is 0 Å². The molecule has 2 aliphatic rings. The minimum Gasteiger partial charge on any atom is -0.497 e. The van der Waals surface area contributed by atoms with E-state index in [2.05, 4.69) is 5.10 Å². The first-order valence-electron chi connectivity index (χ1n) is 9.05. The number of methoxy groups -OCH3 is 1. The summed E-state index contributed by atoms with van der Waals surface area (Å²) in [5.74, 6) is -1.92. The molecule has 0 aromatic heterocycles. The van der Waals surface area contributed by atoms with E-state index < -0.39 is 30.0 Å². The minimum atomic E-state index is -4.72. The Hall–Kier alpha value is -3.67. The molecule has 0 unspecified atom stereocenters. The zero-order valence-electron chi connectivity index (χ0n) is 15.8. The molecule has 6 nitrogen and oxygen atoms in total. The highest BCUT2D eigenvalue weighted by Crippen LogP contribution is 2.48. The van der Waals surface area contributed by atoms with Crippen LogP contribution in [-0.2, 0) is 4.74 Å². The number of nitrogens with zero attached hydrogens (tertiary/aromatic N) is 3. The zero-order valence-corrected chi connectivity index (χ0v) is 15.8. The summed E-state index contributed by atoms with van der Waals surface area (Å²) < 4.78 is 52.7. The third-order valence-electron chi connectivity index (χ3n) is 5.17. The third-order valence-corrected chi connectivity index (χ3v) is 5.17. The maximum Gasteiger partial charge on any atom is 0.431 e. The van der Waals surface area contributed by atoms with Crippen LogP contribution in [0.5, 0.6) is 5.75 Å². The molecule has 3 atom stereocenters. The number of alkyl halides is 3. The minimum absolute atomic E-state index is 0.0618. The Morgan fingerprint density at radius 2 is 1.80 bits per heavy atom. The van der Waals surface area contributed by atoms with E-state index in [0.717, 1.165) is 0 Å². The van der Waals surface area contributed by atoms with Crippen molar-refractivity contribution in [3.8, 4) is 11.8 Å². The van der Waals surface area contributed by atoms with Gasteiger partial charge in [0.05, 0.1) is 24.3 Å². The molecule has 0 spiro atoms. The second-order valence-corrected chi connectivity index (χ2v) is 6.84. The van der Waals surface area contributed by atoms with Gasteiger partial charge in [0.1, 0.15) is 11.8 Å². The molecular weight excluding hydrogens is 397 g/mol. The molecule has 0 radical (unpaired) electrons. The maximum absolute atomic E-state index is 14.0. The molecule has 0 saturated heterocycles. The normalized spacial score (nSPS) is 23.4. The van der Waals surface area contributed by atoms with Crippen molar-refractivity contribution in [1.82, 2.24) is 0 Å². The van der Waals surface area contributed by atoms with Gasteiger partial charge in [-0.2, -0.15) is 23.5 Å². The molecule has 0 fully saturated rings. The van der Waals surface area contributed by atoms with Gasteiger partial charge >= 0.3 is 6.18 Å². The first-order valence-corrected chi connectivity index (χ1v) is 9.05. The quantitative estimate of drug-likeness (QED) is 0.824. The lowest BCUT2D eigenvalue weighted by Crippen LogP contribution is -2.46. The first-order chi connectivity index (χ1) is 14.3. The summed E-state index contributed by atoms with van der Waals surface area (Å²) in [6.45, 7) is 0. The number of hydrogen-bond acceptors (Lipinski definition) is 6. The number of hydrazone groups is 1. The molecule has 0 amide bonds. The Morgan fingerprint density at radius 1 is 1.13 bits per heavy atom. The van der Waals surface area contributed by atoms with Gasteiger partial charge in [0.15, 0.2) is 5.71 Å². The largest absolute Gasteiger partial charge is 0.497 e. The lowest BCUT2D eigenvalue weighted by Gasteiger charge is -2.37. The van der Waals surface area contributed by atoms with Crippen molar-refractivity contribution < 1.29 is 22.6 Å². The maximum atomic E-state index is 14.0. The zero-order chi connectivity index (χ0) is 21.5. The molecule has 2 aliphatic heterocycles. The van der Waals surface area contributed by atoms with Crippen LogP contribution in [0.4, 0.5) is 18.9 Å². The SMILES string of the molecule is COc1ccc([C@H]2C(C#N)=C(N)O[C@H]3[C@@H]2C(C(F)(F)F)=NN3c2ccccc2)cc1. The van der Waals surface area contributed by atoms with E-state index in [1.54, 1.807) is 54.6 Å². The van der Waals surface area contributed by atoms with E-state index in [1.807, 2.05) is 6.07 Å². The van der Waals surface area contributed by atoms with E-state index >= 15 is 0 Å². The lowest BCUT2D eigenvalue weighted by atomic mass is 9.76. The van der Waals surface area contributed by atoms with Crippen LogP contribution in [0, 0.1) is 17.2 Å². The number of hydrogen-bond donors (Lipinski definition) is 1. The van der Waals surface area contributed by atoms with Crippen LogP contribution >= 0.6 is 0 Å². The summed E-state index contributed by atoms with van der Waals surface area (Å²) in [5, 5.41) is 14.7. The average Bonchev–Trinajstić information content (AvgIpc) is 3.13. The predicted molar refractivity (Wildman–Crippen MR) is 103 cm³/mol. The van der Waals surface area contributed by atoms with Crippen molar-refractivity contribution in [1.29, 1.82) is 5.26 Å². The van der Waals surface area contributed by atoms with Crippen LogP contribution in [0.15, 0.2) is 71.2 Å². The van der Waals surface area contributed by atoms with E-state index in [0.29, 0.717) is 17.0 Å². The number of nitrogens with two attached hydrogens (primary N) is 1. The first kappa shape index (κ1) is 19.6. The Bertz CT molecular complexity index is 1040. The molecule has 0 bridgehead atoms. The Kier molecular flexibility index (Phi) is 4.78. The molecule has 2 aromatic carbocycles. The highest BCUT2D eigenvalue weighted by Gasteiger charge is 2.57. The van der Waals surface area contributed by atoms with Gasteiger partial charge in [-0.25, -0.2) is 5.01 Å². The molecule has 2 aromatic rings. The summed E-state index contributed by atoms with van der Waals surface area (Å²) in [7, 11) is 1.49. The number of para-hydroxylation sites is 1. The number of rotatable bonds is 3. The van der Waals surface area contributed by atoms with E-state index in [1.165, 1.54) is 12.1 Å². The van der Waals surface area contributed by atoms with Gasteiger partial charge in [-0.1, -0.05) is 30.3 Å². The molecule has 154 valence electrons. The highest BCUT2D eigenvalue weighted by atomic mass is 19.4. The molecule has 9 heteroatoms. The standard InChI is InChI=1S/C21H17F3N4O2/c1-29-14-9-7-12(8-10-14)16-15(11-25)19(26)30-20-17(16)18(21(22,23)24)27-28(20)13-5-3-2-4-6-13/h2-10,16-17,20H,26H2,1H3/t16-,17-,20-/m0/s1. The Labute approximate surface area is 170 Å². The topological polar surface area (TPSA) is 83.9 Å². The molecule has 30 heavy (non-hydrogen) atoms. The van der Waals surface area contributed by atoms with Gasteiger partial charge < -0.3 is 15.2 Å². The van der Waals surface area contributed by atoms with Crippen molar-refractivity contribution in [2.75, 3.05) is 12.1 Å². The molecule has 2 heterocycles. The van der Waals surface area contributed by atoms with Crippen molar-refractivity contribution in [3.05, 3.63) is 71.6 Å². The molecular formula is C21H17F3N4O2. The molecule has 0 aliphatic carbocycles. The molecule has 0 saturated carbocycles. The predicted octanol–water partition coefficient (Wildman–Crippen LogP) is 3.88. The van der Waals surface area contributed by atoms with Gasteiger partial charge in [0, 0.05) is 5.92 Å². The number of halogens is 3. The van der Waals surface area contributed by atoms with Gasteiger partial charge in [-0.05, 0) is 29.8 Å². The number of fused-ring (bicyclic) bond motifs is 1. The number of benzene rings is 2. The smallest absolute Gasteiger partial charge is 0.431 e. The van der Waals surface area contributed by atoms with Crippen LogP contribution in [0.25, 0.3) is 0 Å². The van der Waals surface area contributed by atoms with Crippen LogP contribution in [0.2, 0.25) is 0 Å². The van der Waals surface area contributed by atoms with E-state index in [4.69, 9.17) is 15.2 Å².